The number of thiophene rings is 1. The van der Waals surface area contributed by atoms with Crippen LogP contribution in [0.15, 0.2) is 6.07 Å². The van der Waals surface area contributed by atoms with Gasteiger partial charge in [-0.1, -0.05) is 0 Å². The van der Waals surface area contributed by atoms with Gasteiger partial charge < -0.3 is 10.2 Å². The molecule has 0 spiro atoms. The van der Waals surface area contributed by atoms with Gasteiger partial charge in [-0.25, -0.2) is 0 Å². The molecule has 4 heterocycles. The van der Waals surface area contributed by atoms with Crippen LogP contribution in [-0.4, -0.2) is 45.8 Å². The van der Waals surface area contributed by atoms with Crippen molar-refractivity contribution in [3.05, 3.63) is 16.6 Å². The Morgan fingerprint density at radius 2 is 1.92 bits per heavy atom. The number of rotatable bonds is 2. The van der Waals surface area contributed by atoms with Crippen molar-refractivity contribution in [1.82, 2.24) is 20.0 Å². The zero-order chi connectivity index (χ0) is 17.9. The molecule has 2 saturated heterocycles. The number of piperidine rings is 1. The third-order valence-electron chi connectivity index (χ3n) is 5.44. The third kappa shape index (κ3) is 2.83. The van der Waals surface area contributed by atoms with Gasteiger partial charge in [-0.15, -0.1) is 11.3 Å². The van der Waals surface area contributed by atoms with Crippen LogP contribution in [0, 0.1) is 0 Å². The first-order valence-corrected chi connectivity index (χ1v) is 9.12. The van der Waals surface area contributed by atoms with Crippen molar-refractivity contribution in [2.45, 2.75) is 50.0 Å². The van der Waals surface area contributed by atoms with E-state index in [1.54, 1.807) is 0 Å². The molecular weight excluding hydrogens is 353 g/mol. The number of aromatic nitrogens is 2. The fraction of sp³-hybridized carbons (Fsp3) is 0.625. The van der Waals surface area contributed by atoms with Crippen molar-refractivity contribution in [2.24, 2.45) is 7.05 Å². The maximum atomic E-state index is 13.1. The summed E-state index contributed by atoms with van der Waals surface area (Å²) in [6.07, 6.45) is -0.423. The van der Waals surface area contributed by atoms with E-state index in [0.29, 0.717) is 21.8 Å². The number of hydrogen-bond donors (Lipinski definition) is 1. The summed E-state index contributed by atoms with van der Waals surface area (Å²) >= 11 is 1.05. The molecule has 2 aromatic rings. The molecule has 2 aromatic heterocycles. The first kappa shape index (κ1) is 16.8. The van der Waals surface area contributed by atoms with Gasteiger partial charge in [0.25, 0.3) is 5.91 Å². The lowest BCUT2D eigenvalue weighted by atomic mass is 9.98. The summed E-state index contributed by atoms with van der Waals surface area (Å²) in [5.74, 6) is -0.289. The van der Waals surface area contributed by atoms with Gasteiger partial charge in [-0.2, -0.15) is 18.3 Å². The van der Waals surface area contributed by atoms with Crippen LogP contribution >= 0.6 is 11.3 Å². The van der Waals surface area contributed by atoms with Crippen LogP contribution in [0.25, 0.3) is 10.2 Å². The van der Waals surface area contributed by atoms with Gasteiger partial charge in [0.15, 0.2) is 5.69 Å². The Bertz CT molecular complexity index is 813. The highest BCUT2D eigenvalue weighted by atomic mass is 32.1. The van der Waals surface area contributed by atoms with Crippen molar-refractivity contribution >= 4 is 27.5 Å². The maximum absolute atomic E-state index is 13.1. The normalized spacial score (nSPS) is 27.2. The lowest BCUT2D eigenvalue weighted by Crippen LogP contribution is -2.48. The number of carbonyl (C=O) groups is 1. The number of halogens is 3. The van der Waals surface area contributed by atoms with Crippen LogP contribution in [0.3, 0.4) is 0 Å². The van der Waals surface area contributed by atoms with Gasteiger partial charge in [-0.3, -0.25) is 9.48 Å². The molecule has 2 atom stereocenters. The number of nitrogens with zero attached hydrogens (tertiary/aromatic N) is 3. The Kier molecular flexibility index (Phi) is 3.84. The Morgan fingerprint density at radius 3 is 2.52 bits per heavy atom. The zero-order valence-electron chi connectivity index (χ0n) is 13.9. The monoisotopic (exact) mass is 372 g/mol. The topological polar surface area (TPSA) is 50.2 Å². The van der Waals surface area contributed by atoms with Gasteiger partial charge in [0, 0.05) is 30.6 Å². The smallest absolute Gasteiger partial charge is 0.348 e. The third-order valence-corrected chi connectivity index (χ3v) is 6.64. The van der Waals surface area contributed by atoms with Crippen LogP contribution in [0.5, 0.6) is 0 Å². The Balaban J connectivity index is 1.55. The minimum Gasteiger partial charge on any atom is -0.348 e. The SMILES string of the molecule is CN1[C@@H]2CC[C@@H]1CC(NC(=O)c1cc3c(C(F)(F)F)nn(C)c3s1)C2. The molecule has 2 aliphatic rings. The van der Waals surface area contributed by atoms with Crippen molar-refractivity contribution in [2.75, 3.05) is 7.05 Å². The second kappa shape index (κ2) is 5.70. The highest BCUT2D eigenvalue weighted by Gasteiger charge is 2.40. The van der Waals surface area contributed by atoms with E-state index in [9.17, 15) is 18.0 Å². The van der Waals surface area contributed by atoms with Gasteiger partial charge in [-0.05, 0) is 38.8 Å². The Hall–Kier alpha value is -1.61. The Morgan fingerprint density at radius 1 is 1.28 bits per heavy atom. The summed E-state index contributed by atoms with van der Waals surface area (Å²) < 4.78 is 40.4. The molecule has 136 valence electrons. The number of aryl methyl sites for hydroxylation is 1. The maximum Gasteiger partial charge on any atom is 0.435 e. The molecule has 5 nitrogen and oxygen atoms in total. The van der Waals surface area contributed by atoms with Gasteiger partial charge in [0.2, 0.25) is 0 Å². The van der Waals surface area contributed by atoms with Crippen molar-refractivity contribution in [3.8, 4) is 0 Å². The van der Waals surface area contributed by atoms with Crippen LogP contribution in [-0.2, 0) is 13.2 Å². The molecule has 0 aliphatic carbocycles. The van der Waals surface area contributed by atoms with E-state index in [2.05, 4.69) is 22.4 Å². The van der Waals surface area contributed by atoms with E-state index in [4.69, 9.17) is 0 Å². The van der Waals surface area contributed by atoms with Gasteiger partial charge >= 0.3 is 6.18 Å². The standard InChI is InChI=1S/C16H19F3N4OS/c1-22-9-3-4-10(22)6-8(5-9)20-14(24)12-7-11-13(16(17,18)19)21-23(2)15(11)25-12/h7-10H,3-6H2,1-2H3,(H,20,24)/t9-,10-/m1/s1. The molecular formula is C16H19F3N4OS. The highest BCUT2D eigenvalue weighted by molar-refractivity contribution is 7.20. The summed E-state index contributed by atoms with van der Waals surface area (Å²) in [6, 6.07) is 2.39. The van der Waals surface area contributed by atoms with Crippen LogP contribution in [0.4, 0.5) is 13.2 Å². The molecule has 4 rings (SSSR count). The molecule has 2 fully saturated rings. The number of nitrogens with one attached hydrogen (secondary N) is 1. The van der Waals surface area contributed by atoms with E-state index < -0.39 is 11.9 Å². The summed E-state index contributed by atoms with van der Waals surface area (Å²) in [7, 11) is 3.59. The quantitative estimate of drug-likeness (QED) is 0.882. The first-order valence-electron chi connectivity index (χ1n) is 8.30. The molecule has 0 radical (unpaired) electrons. The minimum atomic E-state index is -4.53. The van der Waals surface area contributed by atoms with Crippen molar-refractivity contribution in [1.29, 1.82) is 0 Å². The molecule has 1 N–H and O–H groups in total. The fourth-order valence-corrected chi connectivity index (χ4v) is 5.12. The zero-order valence-corrected chi connectivity index (χ0v) is 14.7. The summed E-state index contributed by atoms with van der Waals surface area (Å²) in [4.78, 5) is 15.6. The van der Waals surface area contributed by atoms with Crippen LogP contribution in [0.2, 0.25) is 0 Å². The number of carbonyl (C=O) groups excluding carboxylic acids is 1. The summed E-state index contributed by atoms with van der Waals surface area (Å²) in [6.45, 7) is 0. The lowest BCUT2D eigenvalue weighted by Gasteiger charge is -2.36. The number of hydrogen-bond acceptors (Lipinski definition) is 4. The average molecular weight is 372 g/mol. The van der Waals surface area contributed by atoms with Gasteiger partial charge in [0.1, 0.15) is 4.83 Å². The summed E-state index contributed by atoms with van der Waals surface area (Å²) in [5, 5.41) is 6.55. The van der Waals surface area contributed by atoms with Crippen molar-refractivity contribution in [3.63, 3.8) is 0 Å². The van der Waals surface area contributed by atoms with Crippen LogP contribution in [0.1, 0.15) is 41.0 Å². The van der Waals surface area contributed by atoms with E-state index in [0.717, 1.165) is 37.0 Å². The van der Waals surface area contributed by atoms with E-state index in [-0.39, 0.29) is 17.3 Å². The van der Waals surface area contributed by atoms with Gasteiger partial charge in [0.05, 0.1) is 4.88 Å². The molecule has 9 heteroatoms. The van der Waals surface area contributed by atoms with E-state index in [1.807, 2.05) is 0 Å². The van der Waals surface area contributed by atoms with E-state index in [1.165, 1.54) is 17.8 Å². The van der Waals surface area contributed by atoms with E-state index >= 15 is 0 Å². The predicted molar refractivity (Wildman–Crippen MR) is 88.7 cm³/mol. The predicted octanol–water partition coefficient (Wildman–Crippen LogP) is 3.01. The summed E-state index contributed by atoms with van der Waals surface area (Å²) in [5.41, 5.74) is -0.933. The molecule has 0 aromatic carbocycles. The molecule has 0 saturated carbocycles. The molecule has 0 unspecified atom stereocenters. The number of amides is 1. The highest BCUT2D eigenvalue weighted by Crippen LogP contribution is 2.38. The largest absolute Gasteiger partial charge is 0.435 e. The minimum absolute atomic E-state index is 0.00593. The second-order valence-electron chi connectivity index (χ2n) is 6.99. The van der Waals surface area contributed by atoms with Crippen LogP contribution < -0.4 is 5.32 Å². The fourth-order valence-electron chi connectivity index (χ4n) is 4.15. The first-order chi connectivity index (χ1) is 11.7. The van der Waals surface area contributed by atoms with Crippen molar-refractivity contribution < 1.29 is 18.0 Å². The molecule has 2 aliphatic heterocycles. The number of alkyl halides is 3. The Labute approximate surface area is 146 Å². The average Bonchev–Trinajstić information content (AvgIpc) is 3.12. The second-order valence-corrected chi connectivity index (χ2v) is 8.02. The number of fused-ring (bicyclic) bond motifs is 3. The molecule has 1 amide bonds. The molecule has 2 bridgehead atoms. The lowest BCUT2D eigenvalue weighted by molar-refractivity contribution is -0.140. The molecule has 25 heavy (non-hydrogen) atoms.